The van der Waals surface area contributed by atoms with Gasteiger partial charge in [0.25, 0.3) is 5.91 Å². The van der Waals surface area contributed by atoms with Gasteiger partial charge in [-0.05, 0) is 11.1 Å². The third kappa shape index (κ3) is 2.21. The van der Waals surface area contributed by atoms with Crippen molar-refractivity contribution in [3.63, 3.8) is 0 Å². The standard InChI is InChI=1S/C18H16N2O3/c1-2-15(21)20-16(22)18(19-17(20)23,13-9-5-3-6-10-13)14-11-7-4-8-12-14/h3-12H,2H2,1H3,(H,19,23). The van der Waals surface area contributed by atoms with Crippen molar-refractivity contribution in [1.82, 2.24) is 10.2 Å². The monoisotopic (exact) mass is 308 g/mol. The van der Waals surface area contributed by atoms with E-state index in [2.05, 4.69) is 5.32 Å². The van der Waals surface area contributed by atoms with Gasteiger partial charge in [0.2, 0.25) is 5.91 Å². The summed E-state index contributed by atoms with van der Waals surface area (Å²) in [6.45, 7) is 1.62. The highest BCUT2D eigenvalue weighted by Crippen LogP contribution is 2.36. The first kappa shape index (κ1) is 15.0. The molecule has 0 radical (unpaired) electrons. The van der Waals surface area contributed by atoms with Crippen molar-refractivity contribution < 1.29 is 14.4 Å². The van der Waals surface area contributed by atoms with Crippen molar-refractivity contribution in [2.45, 2.75) is 18.9 Å². The summed E-state index contributed by atoms with van der Waals surface area (Å²) in [6, 6.07) is 17.2. The molecule has 3 rings (SSSR count). The van der Waals surface area contributed by atoms with E-state index in [1.165, 1.54) is 0 Å². The average Bonchev–Trinajstić information content (AvgIpc) is 2.87. The highest BCUT2D eigenvalue weighted by atomic mass is 16.2. The summed E-state index contributed by atoms with van der Waals surface area (Å²) in [7, 11) is 0. The molecule has 0 bridgehead atoms. The minimum atomic E-state index is -1.37. The van der Waals surface area contributed by atoms with E-state index in [1.807, 2.05) is 12.1 Å². The molecule has 2 aromatic carbocycles. The molecule has 1 saturated heterocycles. The molecule has 0 aromatic heterocycles. The van der Waals surface area contributed by atoms with Crippen molar-refractivity contribution in [2.24, 2.45) is 0 Å². The Hall–Kier alpha value is -2.95. The predicted octanol–water partition coefficient (Wildman–Crippen LogP) is 2.42. The molecular formula is C18H16N2O3. The maximum Gasteiger partial charge on any atom is 0.332 e. The van der Waals surface area contributed by atoms with E-state index < -0.39 is 23.4 Å². The zero-order valence-corrected chi connectivity index (χ0v) is 12.7. The van der Waals surface area contributed by atoms with Gasteiger partial charge in [0.1, 0.15) is 0 Å². The molecule has 1 N–H and O–H groups in total. The van der Waals surface area contributed by atoms with Gasteiger partial charge in [0.15, 0.2) is 5.54 Å². The number of carbonyl (C=O) groups excluding carboxylic acids is 3. The number of nitrogens with zero attached hydrogens (tertiary/aromatic N) is 1. The van der Waals surface area contributed by atoms with Crippen LogP contribution < -0.4 is 5.32 Å². The molecule has 23 heavy (non-hydrogen) atoms. The first-order chi connectivity index (χ1) is 11.1. The van der Waals surface area contributed by atoms with Gasteiger partial charge in [0, 0.05) is 6.42 Å². The molecule has 0 spiro atoms. The van der Waals surface area contributed by atoms with E-state index in [0.717, 1.165) is 0 Å². The highest BCUT2D eigenvalue weighted by molar-refractivity contribution is 6.19. The van der Waals surface area contributed by atoms with Crippen LogP contribution in [0.5, 0.6) is 0 Å². The Balaban J connectivity index is 2.21. The largest absolute Gasteiger partial charge is 0.332 e. The molecule has 2 aromatic rings. The zero-order valence-electron chi connectivity index (χ0n) is 12.7. The number of rotatable bonds is 3. The Kier molecular flexibility index (Phi) is 3.70. The lowest BCUT2D eigenvalue weighted by molar-refractivity contribution is -0.141. The predicted molar refractivity (Wildman–Crippen MR) is 84.3 cm³/mol. The van der Waals surface area contributed by atoms with E-state index in [0.29, 0.717) is 16.0 Å². The first-order valence-corrected chi connectivity index (χ1v) is 7.42. The lowest BCUT2D eigenvalue weighted by Gasteiger charge is -2.27. The van der Waals surface area contributed by atoms with Gasteiger partial charge in [0.05, 0.1) is 0 Å². The van der Waals surface area contributed by atoms with Crippen LogP contribution in [-0.2, 0) is 15.1 Å². The molecule has 0 unspecified atom stereocenters. The summed E-state index contributed by atoms with van der Waals surface area (Å²) in [5.74, 6) is -1.08. The SMILES string of the molecule is CCC(=O)N1C(=O)NC(c2ccccc2)(c2ccccc2)C1=O. The van der Waals surface area contributed by atoms with Gasteiger partial charge in [-0.25, -0.2) is 4.79 Å². The van der Waals surface area contributed by atoms with Gasteiger partial charge in [-0.15, -0.1) is 0 Å². The second-order valence-corrected chi connectivity index (χ2v) is 5.30. The molecule has 5 nitrogen and oxygen atoms in total. The van der Waals surface area contributed by atoms with Crippen molar-refractivity contribution in [1.29, 1.82) is 0 Å². The van der Waals surface area contributed by atoms with Crippen LogP contribution in [0.1, 0.15) is 24.5 Å². The highest BCUT2D eigenvalue weighted by Gasteiger charge is 2.55. The fourth-order valence-corrected chi connectivity index (χ4v) is 2.85. The van der Waals surface area contributed by atoms with E-state index in [4.69, 9.17) is 0 Å². The molecule has 4 amide bonds. The minimum absolute atomic E-state index is 0.0822. The smallest absolute Gasteiger partial charge is 0.315 e. The number of nitrogens with one attached hydrogen (secondary N) is 1. The van der Waals surface area contributed by atoms with Crippen molar-refractivity contribution >= 4 is 17.8 Å². The van der Waals surface area contributed by atoms with Crippen LogP contribution in [0.15, 0.2) is 60.7 Å². The van der Waals surface area contributed by atoms with Crippen LogP contribution in [0.4, 0.5) is 4.79 Å². The van der Waals surface area contributed by atoms with Crippen LogP contribution in [0.2, 0.25) is 0 Å². The number of hydrogen-bond donors (Lipinski definition) is 1. The number of imide groups is 3. The Morgan fingerprint density at radius 3 is 1.87 bits per heavy atom. The first-order valence-electron chi connectivity index (χ1n) is 7.42. The maximum atomic E-state index is 13.1. The topological polar surface area (TPSA) is 66.5 Å². The van der Waals surface area contributed by atoms with E-state index in [-0.39, 0.29) is 6.42 Å². The molecule has 116 valence electrons. The number of amides is 4. The van der Waals surface area contributed by atoms with Crippen LogP contribution in [0.25, 0.3) is 0 Å². The average molecular weight is 308 g/mol. The van der Waals surface area contributed by atoms with E-state index >= 15 is 0 Å². The quantitative estimate of drug-likeness (QED) is 0.886. The second-order valence-electron chi connectivity index (χ2n) is 5.30. The summed E-state index contributed by atoms with van der Waals surface area (Å²) in [5, 5.41) is 2.73. The van der Waals surface area contributed by atoms with Crippen LogP contribution in [-0.4, -0.2) is 22.7 Å². The van der Waals surface area contributed by atoms with Crippen LogP contribution >= 0.6 is 0 Å². The summed E-state index contributed by atoms with van der Waals surface area (Å²) in [6.07, 6.45) is 0.0822. The van der Waals surface area contributed by atoms with E-state index in [9.17, 15) is 14.4 Å². The molecule has 5 heteroatoms. The molecule has 1 fully saturated rings. The lowest BCUT2D eigenvalue weighted by Crippen LogP contribution is -2.45. The molecule has 1 heterocycles. The van der Waals surface area contributed by atoms with Crippen molar-refractivity contribution in [3.8, 4) is 0 Å². The summed E-state index contributed by atoms with van der Waals surface area (Å²) in [5.41, 5.74) is -0.128. The Labute approximate surface area is 133 Å². The maximum absolute atomic E-state index is 13.1. The van der Waals surface area contributed by atoms with Gasteiger partial charge in [-0.2, -0.15) is 4.90 Å². The summed E-state index contributed by atoms with van der Waals surface area (Å²) in [4.78, 5) is 38.1. The fraction of sp³-hybridized carbons (Fsp3) is 0.167. The minimum Gasteiger partial charge on any atom is -0.315 e. The van der Waals surface area contributed by atoms with Gasteiger partial charge >= 0.3 is 6.03 Å². The van der Waals surface area contributed by atoms with Gasteiger partial charge in [-0.3, -0.25) is 9.59 Å². The third-order valence-corrected chi connectivity index (χ3v) is 3.99. The third-order valence-electron chi connectivity index (χ3n) is 3.99. The molecule has 0 saturated carbocycles. The normalized spacial score (nSPS) is 16.3. The number of carbonyl (C=O) groups is 3. The molecule has 1 aliphatic rings. The Morgan fingerprint density at radius 2 is 1.43 bits per heavy atom. The molecule has 0 aliphatic carbocycles. The van der Waals surface area contributed by atoms with Gasteiger partial charge < -0.3 is 5.32 Å². The number of urea groups is 1. The summed E-state index contributed by atoms with van der Waals surface area (Å²) >= 11 is 0. The second kappa shape index (κ2) is 5.68. The molecular weight excluding hydrogens is 292 g/mol. The van der Waals surface area contributed by atoms with E-state index in [1.54, 1.807) is 55.5 Å². The molecule has 1 aliphatic heterocycles. The summed E-state index contributed by atoms with van der Waals surface area (Å²) < 4.78 is 0. The number of hydrogen-bond acceptors (Lipinski definition) is 3. The van der Waals surface area contributed by atoms with Crippen molar-refractivity contribution in [3.05, 3.63) is 71.8 Å². The lowest BCUT2D eigenvalue weighted by atomic mass is 9.82. The molecule has 0 atom stereocenters. The Bertz CT molecular complexity index is 717. The zero-order chi connectivity index (χ0) is 16.4. The van der Waals surface area contributed by atoms with Crippen molar-refractivity contribution in [2.75, 3.05) is 0 Å². The fourth-order valence-electron chi connectivity index (χ4n) is 2.85. The Morgan fingerprint density at radius 1 is 0.957 bits per heavy atom. The van der Waals surface area contributed by atoms with Crippen LogP contribution in [0.3, 0.4) is 0 Å². The van der Waals surface area contributed by atoms with Crippen LogP contribution in [0, 0.1) is 0 Å². The number of benzene rings is 2. The van der Waals surface area contributed by atoms with Gasteiger partial charge in [-0.1, -0.05) is 67.6 Å².